The third-order valence-corrected chi connectivity index (χ3v) is 4.48. The predicted octanol–water partition coefficient (Wildman–Crippen LogP) is 1.36. The summed E-state index contributed by atoms with van der Waals surface area (Å²) >= 11 is 1.54. The van der Waals surface area contributed by atoms with Gasteiger partial charge in [0.1, 0.15) is 0 Å². The Bertz CT molecular complexity index is 794. The maximum atomic E-state index is 12.2. The number of imide groups is 1. The van der Waals surface area contributed by atoms with Gasteiger partial charge in [0.2, 0.25) is 0 Å². The molecule has 0 fully saturated rings. The van der Waals surface area contributed by atoms with E-state index in [0.717, 1.165) is 10.9 Å². The van der Waals surface area contributed by atoms with E-state index in [0.29, 0.717) is 11.6 Å². The second-order valence-corrected chi connectivity index (χ2v) is 5.82. The number of benzene rings is 1. The maximum absolute atomic E-state index is 12.2. The molecule has 0 bridgehead atoms. The number of hydrogen-bond acceptors (Lipinski definition) is 6. The Morgan fingerprint density at radius 2 is 1.86 bits per heavy atom. The number of imidazole rings is 1. The third kappa shape index (κ3) is 1.77. The number of amides is 2. The van der Waals surface area contributed by atoms with Gasteiger partial charge in [0.25, 0.3) is 11.8 Å². The minimum atomic E-state index is -0.768. The Morgan fingerprint density at radius 3 is 2.55 bits per heavy atom. The topological polar surface area (TPSA) is 81.5 Å². The van der Waals surface area contributed by atoms with E-state index < -0.39 is 17.8 Å². The second kappa shape index (κ2) is 4.70. The lowest BCUT2D eigenvalue weighted by Crippen LogP contribution is -2.33. The molecule has 8 heteroatoms. The highest BCUT2D eigenvalue weighted by atomic mass is 32.2. The molecule has 0 atom stereocenters. The molecule has 22 heavy (non-hydrogen) atoms. The standard InChI is InChI=1S/C14H9N3O4S/c18-11-8-3-1-2-4-9(8)12(19)17(11)21-13(20)10-7-15-14-16(10)5-6-22-14/h1-4,7H,5-6H2. The van der Waals surface area contributed by atoms with E-state index in [9.17, 15) is 14.4 Å². The number of nitrogens with zero attached hydrogens (tertiary/aromatic N) is 3. The van der Waals surface area contributed by atoms with Gasteiger partial charge in [-0.3, -0.25) is 9.59 Å². The molecule has 1 aromatic heterocycles. The van der Waals surface area contributed by atoms with Gasteiger partial charge in [-0.25, -0.2) is 9.78 Å². The van der Waals surface area contributed by atoms with Crippen LogP contribution in [0.5, 0.6) is 0 Å². The van der Waals surface area contributed by atoms with Gasteiger partial charge in [-0.1, -0.05) is 29.0 Å². The van der Waals surface area contributed by atoms with Crippen molar-refractivity contribution in [3.8, 4) is 0 Å². The van der Waals surface area contributed by atoms with Crippen LogP contribution in [-0.2, 0) is 11.4 Å². The molecule has 2 aromatic rings. The largest absolute Gasteiger partial charge is 0.381 e. The van der Waals surface area contributed by atoms with Crippen molar-refractivity contribution in [1.82, 2.24) is 14.6 Å². The molecule has 0 saturated carbocycles. The average molecular weight is 315 g/mol. The summed E-state index contributed by atoms with van der Waals surface area (Å²) in [6, 6.07) is 6.35. The number of thioether (sulfide) groups is 1. The van der Waals surface area contributed by atoms with Crippen molar-refractivity contribution in [3.63, 3.8) is 0 Å². The first-order valence-electron chi connectivity index (χ1n) is 6.55. The fourth-order valence-electron chi connectivity index (χ4n) is 2.46. The number of carbonyl (C=O) groups excluding carboxylic acids is 3. The molecule has 2 amide bonds. The fraction of sp³-hybridized carbons (Fsp3) is 0.143. The zero-order valence-electron chi connectivity index (χ0n) is 11.2. The molecule has 1 aromatic carbocycles. The fourth-order valence-corrected chi connectivity index (χ4v) is 3.39. The molecular weight excluding hydrogens is 306 g/mol. The zero-order chi connectivity index (χ0) is 15.3. The van der Waals surface area contributed by atoms with Crippen molar-refractivity contribution >= 4 is 29.5 Å². The Hall–Kier alpha value is -2.61. The summed E-state index contributed by atoms with van der Waals surface area (Å²) in [5.41, 5.74) is 0.695. The van der Waals surface area contributed by atoms with Gasteiger partial charge in [0, 0.05) is 12.3 Å². The Balaban J connectivity index is 1.61. The summed E-state index contributed by atoms with van der Waals surface area (Å²) in [5, 5.41) is 1.24. The Labute approximate surface area is 128 Å². The Kier molecular flexibility index (Phi) is 2.80. The van der Waals surface area contributed by atoms with E-state index in [1.165, 1.54) is 30.1 Å². The average Bonchev–Trinajstić information content (AvgIpc) is 3.18. The van der Waals surface area contributed by atoms with Crippen LogP contribution in [0.25, 0.3) is 0 Å². The van der Waals surface area contributed by atoms with Crippen LogP contribution in [0.4, 0.5) is 0 Å². The van der Waals surface area contributed by atoms with E-state index in [4.69, 9.17) is 4.84 Å². The molecule has 3 heterocycles. The molecular formula is C14H9N3O4S. The number of fused-ring (bicyclic) bond motifs is 2. The highest BCUT2D eigenvalue weighted by molar-refractivity contribution is 7.99. The van der Waals surface area contributed by atoms with Crippen LogP contribution in [0.1, 0.15) is 31.2 Å². The highest BCUT2D eigenvalue weighted by Gasteiger charge is 2.39. The quantitative estimate of drug-likeness (QED) is 0.778. The molecule has 2 aliphatic rings. The van der Waals surface area contributed by atoms with Crippen LogP contribution < -0.4 is 0 Å². The lowest BCUT2D eigenvalue weighted by molar-refractivity contribution is -0.0591. The van der Waals surface area contributed by atoms with Crippen molar-refractivity contribution in [3.05, 3.63) is 47.3 Å². The SMILES string of the molecule is O=C(ON1C(=O)c2ccccc2C1=O)c1cnc2n1CCS2. The number of aromatic nitrogens is 2. The molecule has 0 aliphatic carbocycles. The lowest BCUT2D eigenvalue weighted by Gasteiger charge is -2.12. The van der Waals surface area contributed by atoms with Crippen LogP contribution in [0.3, 0.4) is 0 Å². The second-order valence-electron chi connectivity index (χ2n) is 4.76. The van der Waals surface area contributed by atoms with E-state index >= 15 is 0 Å². The predicted molar refractivity (Wildman–Crippen MR) is 75.3 cm³/mol. The molecule has 0 spiro atoms. The van der Waals surface area contributed by atoms with Gasteiger partial charge < -0.3 is 9.40 Å². The van der Waals surface area contributed by atoms with Gasteiger partial charge in [-0.05, 0) is 12.1 Å². The van der Waals surface area contributed by atoms with Crippen LogP contribution in [0.15, 0.2) is 35.6 Å². The number of hydroxylamine groups is 2. The summed E-state index contributed by atoms with van der Waals surface area (Å²) in [4.78, 5) is 45.6. The minimum absolute atomic E-state index is 0.231. The maximum Gasteiger partial charge on any atom is 0.381 e. The van der Waals surface area contributed by atoms with E-state index in [2.05, 4.69) is 4.98 Å². The van der Waals surface area contributed by atoms with Gasteiger partial charge in [0.05, 0.1) is 17.3 Å². The summed E-state index contributed by atoms with van der Waals surface area (Å²) in [7, 11) is 0. The summed E-state index contributed by atoms with van der Waals surface area (Å²) in [5.74, 6) is -1.21. The van der Waals surface area contributed by atoms with Crippen molar-refractivity contribution in [2.45, 2.75) is 11.7 Å². The van der Waals surface area contributed by atoms with Crippen molar-refractivity contribution in [2.75, 3.05) is 5.75 Å². The normalized spacial score (nSPS) is 15.9. The summed E-state index contributed by atoms with van der Waals surface area (Å²) in [6.07, 6.45) is 1.39. The molecule has 0 N–H and O–H groups in total. The van der Waals surface area contributed by atoms with Crippen molar-refractivity contribution in [2.24, 2.45) is 0 Å². The molecule has 0 radical (unpaired) electrons. The van der Waals surface area contributed by atoms with Gasteiger partial charge in [0.15, 0.2) is 10.9 Å². The van der Waals surface area contributed by atoms with Gasteiger partial charge in [-0.2, -0.15) is 0 Å². The van der Waals surface area contributed by atoms with Gasteiger partial charge in [-0.15, -0.1) is 0 Å². The smallest absolute Gasteiger partial charge is 0.323 e. The molecule has 7 nitrogen and oxygen atoms in total. The van der Waals surface area contributed by atoms with Crippen molar-refractivity contribution < 1.29 is 19.2 Å². The third-order valence-electron chi connectivity index (χ3n) is 3.51. The molecule has 110 valence electrons. The van der Waals surface area contributed by atoms with E-state index in [-0.39, 0.29) is 16.8 Å². The molecule has 2 aliphatic heterocycles. The number of hydrogen-bond donors (Lipinski definition) is 0. The van der Waals surface area contributed by atoms with Crippen LogP contribution in [-0.4, -0.2) is 38.2 Å². The van der Waals surface area contributed by atoms with Crippen LogP contribution >= 0.6 is 11.8 Å². The zero-order valence-corrected chi connectivity index (χ0v) is 12.0. The first-order valence-corrected chi connectivity index (χ1v) is 7.54. The van der Waals surface area contributed by atoms with Crippen molar-refractivity contribution in [1.29, 1.82) is 0 Å². The molecule has 0 unspecified atom stereocenters. The summed E-state index contributed by atoms with van der Waals surface area (Å²) < 4.78 is 1.71. The van der Waals surface area contributed by atoms with Crippen LogP contribution in [0, 0.1) is 0 Å². The number of rotatable bonds is 2. The van der Waals surface area contributed by atoms with Gasteiger partial charge >= 0.3 is 5.97 Å². The summed E-state index contributed by atoms with van der Waals surface area (Å²) in [6.45, 7) is 0.645. The monoisotopic (exact) mass is 315 g/mol. The molecule has 4 rings (SSSR count). The lowest BCUT2D eigenvalue weighted by atomic mass is 10.1. The first-order chi connectivity index (χ1) is 10.7. The van der Waals surface area contributed by atoms with E-state index in [1.54, 1.807) is 16.7 Å². The Morgan fingerprint density at radius 1 is 1.18 bits per heavy atom. The van der Waals surface area contributed by atoms with Crippen LogP contribution in [0.2, 0.25) is 0 Å². The first kappa shape index (κ1) is 13.1. The number of carbonyl (C=O) groups is 3. The minimum Gasteiger partial charge on any atom is -0.323 e. The van der Waals surface area contributed by atoms with E-state index in [1.807, 2.05) is 0 Å². The highest BCUT2D eigenvalue weighted by Crippen LogP contribution is 2.27. The molecule has 0 saturated heterocycles.